The first-order valence-corrected chi connectivity index (χ1v) is 6.22. The van der Waals surface area contributed by atoms with Crippen molar-refractivity contribution in [2.24, 2.45) is 5.41 Å². The molecule has 0 bridgehead atoms. The number of esters is 1. The van der Waals surface area contributed by atoms with Crippen molar-refractivity contribution in [3.05, 3.63) is 0 Å². The molecular formula is C10H19NO2S. The van der Waals surface area contributed by atoms with Gasteiger partial charge in [0.1, 0.15) is 11.0 Å². The number of hydrogen-bond acceptors (Lipinski definition) is 4. The molecule has 0 spiro atoms. The first-order chi connectivity index (χ1) is 6.40. The van der Waals surface area contributed by atoms with Crippen LogP contribution < -0.4 is 5.32 Å². The zero-order chi connectivity index (χ0) is 10.8. The summed E-state index contributed by atoms with van der Waals surface area (Å²) in [6.45, 7) is 7.23. The van der Waals surface area contributed by atoms with Gasteiger partial charge in [-0.3, -0.25) is 4.79 Å². The lowest BCUT2D eigenvalue weighted by Crippen LogP contribution is -2.61. The molecule has 0 radical (unpaired) electrons. The van der Waals surface area contributed by atoms with Crippen molar-refractivity contribution in [3.63, 3.8) is 0 Å². The Bertz CT molecular complexity index is 219. The van der Waals surface area contributed by atoms with Crippen molar-refractivity contribution in [1.82, 2.24) is 5.32 Å². The average Bonchev–Trinajstić information content (AvgIpc) is 1.92. The quantitative estimate of drug-likeness (QED) is 0.723. The second-order valence-electron chi connectivity index (χ2n) is 4.82. The lowest BCUT2D eigenvalue weighted by Gasteiger charge is -2.41. The second-order valence-corrected chi connectivity index (χ2v) is 5.68. The molecule has 0 aliphatic carbocycles. The molecule has 1 heterocycles. The fraction of sp³-hybridized carbons (Fsp3) is 0.900. The molecule has 82 valence electrons. The Kier molecular flexibility index (Phi) is 3.48. The van der Waals surface area contributed by atoms with Crippen molar-refractivity contribution < 1.29 is 9.53 Å². The van der Waals surface area contributed by atoms with Crippen LogP contribution in [0.2, 0.25) is 0 Å². The summed E-state index contributed by atoms with van der Waals surface area (Å²) in [7, 11) is 0. The van der Waals surface area contributed by atoms with Gasteiger partial charge in [0, 0.05) is 18.8 Å². The third-order valence-corrected chi connectivity index (χ3v) is 3.02. The van der Waals surface area contributed by atoms with E-state index in [4.69, 9.17) is 4.74 Å². The first-order valence-electron chi connectivity index (χ1n) is 4.83. The van der Waals surface area contributed by atoms with Crippen molar-refractivity contribution in [3.8, 4) is 0 Å². The van der Waals surface area contributed by atoms with Crippen LogP contribution in [-0.4, -0.2) is 36.7 Å². The van der Waals surface area contributed by atoms with E-state index < -0.39 is 0 Å². The average molecular weight is 217 g/mol. The molecule has 1 fully saturated rings. The summed E-state index contributed by atoms with van der Waals surface area (Å²) in [5.74, 6) is 0.785. The van der Waals surface area contributed by atoms with Gasteiger partial charge in [-0.15, -0.1) is 0 Å². The monoisotopic (exact) mass is 217 g/mol. The normalized spacial score (nSPS) is 20.0. The van der Waals surface area contributed by atoms with Crippen LogP contribution in [0.5, 0.6) is 0 Å². The fourth-order valence-corrected chi connectivity index (χ4v) is 2.27. The van der Waals surface area contributed by atoms with E-state index >= 15 is 0 Å². The number of carbonyl (C=O) groups is 1. The molecule has 0 aromatic rings. The first kappa shape index (κ1) is 11.9. The molecule has 0 aromatic carbocycles. The van der Waals surface area contributed by atoms with E-state index in [-0.39, 0.29) is 17.0 Å². The van der Waals surface area contributed by atoms with Gasteiger partial charge in [0.15, 0.2) is 0 Å². The van der Waals surface area contributed by atoms with Crippen LogP contribution in [0.1, 0.15) is 20.8 Å². The minimum absolute atomic E-state index is 0.0573. The Balaban J connectivity index is 2.57. The van der Waals surface area contributed by atoms with Crippen molar-refractivity contribution in [2.75, 3.05) is 25.1 Å². The molecule has 14 heavy (non-hydrogen) atoms. The summed E-state index contributed by atoms with van der Waals surface area (Å²) in [5.41, 5.74) is -0.648. The van der Waals surface area contributed by atoms with Crippen LogP contribution in [-0.2, 0) is 9.53 Å². The summed E-state index contributed by atoms with van der Waals surface area (Å²) in [6.07, 6.45) is 2.02. The Labute approximate surface area is 90.0 Å². The molecule has 1 saturated heterocycles. The highest BCUT2D eigenvalue weighted by atomic mass is 32.2. The smallest absolute Gasteiger partial charge is 0.316 e. The van der Waals surface area contributed by atoms with Crippen molar-refractivity contribution in [1.29, 1.82) is 0 Å². The van der Waals surface area contributed by atoms with Gasteiger partial charge in [-0.25, -0.2) is 0 Å². The van der Waals surface area contributed by atoms with Gasteiger partial charge in [0.25, 0.3) is 0 Å². The van der Waals surface area contributed by atoms with Gasteiger partial charge in [-0.1, -0.05) is 0 Å². The number of nitrogens with one attached hydrogen (secondary N) is 1. The molecular weight excluding hydrogens is 198 g/mol. The van der Waals surface area contributed by atoms with E-state index in [1.165, 1.54) is 0 Å². The minimum atomic E-state index is -0.377. The largest absolute Gasteiger partial charge is 0.459 e. The number of carbonyl (C=O) groups excluding carboxylic acids is 1. The van der Waals surface area contributed by atoms with Crippen LogP contribution in [0, 0.1) is 5.41 Å². The van der Waals surface area contributed by atoms with Crippen molar-refractivity contribution in [2.45, 2.75) is 26.4 Å². The predicted molar refractivity (Wildman–Crippen MR) is 59.5 cm³/mol. The maximum Gasteiger partial charge on any atom is 0.316 e. The van der Waals surface area contributed by atoms with Gasteiger partial charge >= 0.3 is 5.97 Å². The molecule has 3 nitrogen and oxygen atoms in total. The van der Waals surface area contributed by atoms with Crippen LogP contribution in [0.3, 0.4) is 0 Å². The third-order valence-electron chi connectivity index (χ3n) is 2.18. The van der Waals surface area contributed by atoms with Crippen LogP contribution >= 0.6 is 11.8 Å². The van der Waals surface area contributed by atoms with E-state index in [9.17, 15) is 4.79 Å². The lowest BCUT2D eigenvalue weighted by atomic mass is 9.84. The highest BCUT2D eigenvalue weighted by molar-refractivity contribution is 7.98. The molecule has 0 atom stereocenters. The fourth-order valence-electron chi connectivity index (χ4n) is 1.39. The third kappa shape index (κ3) is 2.64. The number of ether oxygens (including phenoxy) is 1. The van der Waals surface area contributed by atoms with Gasteiger partial charge < -0.3 is 10.1 Å². The molecule has 0 amide bonds. The molecule has 0 aromatic heterocycles. The molecule has 4 heteroatoms. The van der Waals surface area contributed by atoms with Crippen LogP contribution in [0.25, 0.3) is 0 Å². The maximum atomic E-state index is 11.9. The zero-order valence-electron chi connectivity index (χ0n) is 9.35. The van der Waals surface area contributed by atoms with Gasteiger partial charge in [-0.2, -0.15) is 11.8 Å². The SMILES string of the molecule is CSCC1(C(=O)OC(C)(C)C)CNC1. The Hall–Kier alpha value is -0.220. The Morgan fingerprint density at radius 3 is 2.36 bits per heavy atom. The van der Waals surface area contributed by atoms with E-state index in [1.807, 2.05) is 27.0 Å². The topological polar surface area (TPSA) is 38.3 Å². The van der Waals surface area contributed by atoms with Crippen molar-refractivity contribution >= 4 is 17.7 Å². The van der Waals surface area contributed by atoms with Crippen LogP contribution in [0.4, 0.5) is 0 Å². The Morgan fingerprint density at radius 1 is 1.50 bits per heavy atom. The van der Waals surface area contributed by atoms with E-state index in [0.717, 1.165) is 18.8 Å². The van der Waals surface area contributed by atoms with Gasteiger partial charge in [0.2, 0.25) is 0 Å². The summed E-state index contributed by atoms with van der Waals surface area (Å²) in [4.78, 5) is 11.9. The highest BCUT2D eigenvalue weighted by Gasteiger charge is 2.46. The minimum Gasteiger partial charge on any atom is -0.459 e. The predicted octanol–water partition coefficient (Wildman–Crippen LogP) is 1.28. The molecule has 1 aliphatic heterocycles. The summed E-state index contributed by atoms with van der Waals surface area (Å²) >= 11 is 1.70. The maximum absolute atomic E-state index is 11.9. The number of thioether (sulfide) groups is 1. The Morgan fingerprint density at radius 2 is 2.07 bits per heavy atom. The molecule has 0 unspecified atom stereocenters. The molecule has 0 saturated carbocycles. The lowest BCUT2D eigenvalue weighted by molar-refractivity contribution is -0.169. The second kappa shape index (κ2) is 4.11. The van der Waals surface area contributed by atoms with Crippen LogP contribution in [0.15, 0.2) is 0 Å². The van der Waals surface area contributed by atoms with E-state index in [2.05, 4.69) is 5.32 Å². The zero-order valence-corrected chi connectivity index (χ0v) is 10.2. The highest BCUT2D eigenvalue weighted by Crippen LogP contribution is 2.30. The summed E-state index contributed by atoms with van der Waals surface area (Å²) in [5, 5.41) is 3.14. The number of rotatable bonds is 3. The number of hydrogen-bond donors (Lipinski definition) is 1. The molecule has 1 aliphatic rings. The van der Waals surface area contributed by atoms with E-state index in [0.29, 0.717) is 0 Å². The summed E-state index contributed by atoms with van der Waals surface area (Å²) in [6, 6.07) is 0. The van der Waals surface area contributed by atoms with Gasteiger partial charge in [-0.05, 0) is 27.0 Å². The van der Waals surface area contributed by atoms with Gasteiger partial charge in [0.05, 0.1) is 0 Å². The van der Waals surface area contributed by atoms with E-state index in [1.54, 1.807) is 11.8 Å². The standard InChI is InChI=1S/C10H19NO2S/c1-9(2,3)13-8(12)10(7-14-4)5-11-6-10/h11H,5-7H2,1-4H3. The molecule has 1 N–H and O–H groups in total. The summed E-state index contributed by atoms with van der Waals surface area (Å²) < 4.78 is 5.41. The molecule has 1 rings (SSSR count).